The van der Waals surface area contributed by atoms with Crippen molar-refractivity contribution in [2.45, 2.75) is 62.8 Å². The smallest absolute Gasteiger partial charge is 0.0672 e. The highest BCUT2D eigenvalue weighted by molar-refractivity contribution is 7.99. The van der Waals surface area contributed by atoms with Gasteiger partial charge in [0.25, 0.3) is 0 Å². The molecule has 0 bridgehead atoms. The van der Waals surface area contributed by atoms with Crippen LogP contribution in [0, 0.1) is 17.2 Å². The first-order chi connectivity index (χ1) is 7.83. The molecule has 0 aliphatic heterocycles. The highest BCUT2D eigenvalue weighted by Gasteiger charge is 2.32. The number of nitrogens with one attached hydrogen (secondary N) is 1. The van der Waals surface area contributed by atoms with Crippen LogP contribution in [0.5, 0.6) is 0 Å². The summed E-state index contributed by atoms with van der Waals surface area (Å²) in [5.74, 6) is 1.51. The molecule has 16 heavy (non-hydrogen) atoms. The Morgan fingerprint density at radius 2 is 2.19 bits per heavy atom. The minimum Gasteiger partial charge on any atom is -0.310 e. The molecule has 0 spiro atoms. The molecular weight excluding hydrogens is 216 g/mol. The number of hydrogen-bond donors (Lipinski definition) is 1. The van der Waals surface area contributed by atoms with Crippen LogP contribution in [0.3, 0.4) is 0 Å². The Morgan fingerprint density at radius 1 is 1.31 bits per heavy atom. The third kappa shape index (κ3) is 2.93. The van der Waals surface area contributed by atoms with Gasteiger partial charge in [-0.25, -0.2) is 0 Å². The molecule has 0 aromatic carbocycles. The molecule has 4 atom stereocenters. The van der Waals surface area contributed by atoms with Gasteiger partial charge in [0.15, 0.2) is 0 Å². The van der Waals surface area contributed by atoms with E-state index in [-0.39, 0.29) is 5.92 Å². The first-order valence-electron chi connectivity index (χ1n) is 6.60. The second kappa shape index (κ2) is 5.93. The van der Waals surface area contributed by atoms with Crippen molar-refractivity contribution in [2.75, 3.05) is 5.75 Å². The van der Waals surface area contributed by atoms with E-state index < -0.39 is 0 Å². The highest BCUT2D eigenvalue weighted by atomic mass is 32.2. The lowest BCUT2D eigenvalue weighted by Crippen LogP contribution is -2.38. The Kier molecular flexibility index (Phi) is 4.55. The van der Waals surface area contributed by atoms with Gasteiger partial charge in [-0.2, -0.15) is 17.0 Å². The molecule has 3 heteroatoms. The summed E-state index contributed by atoms with van der Waals surface area (Å²) in [7, 11) is 0. The maximum atomic E-state index is 9.05. The Morgan fingerprint density at radius 3 is 2.94 bits per heavy atom. The van der Waals surface area contributed by atoms with Crippen LogP contribution in [-0.2, 0) is 0 Å². The van der Waals surface area contributed by atoms with Crippen LogP contribution in [0.25, 0.3) is 0 Å². The minimum atomic E-state index is 0.276. The predicted octanol–water partition coefficient (Wildman–Crippen LogP) is 2.94. The molecule has 0 aromatic heterocycles. The molecule has 2 rings (SSSR count). The number of thioether (sulfide) groups is 1. The van der Waals surface area contributed by atoms with Crippen LogP contribution >= 0.6 is 11.8 Å². The molecular formula is C13H22N2S. The van der Waals surface area contributed by atoms with Gasteiger partial charge in [-0.3, -0.25) is 0 Å². The molecule has 4 unspecified atom stereocenters. The molecule has 2 aliphatic carbocycles. The Labute approximate surface area is 103 Å². The Bertz CT molecular complexity index is 261. The van der Waals surface area contributed by atoms with Crippen LogP contribution in [0.2, 0.25) is 0 Å². The van der Waals surface area contributed by atoms with Crippen LogP contribution in [0.4, 0.5) is 0 Å². The van der Waals surface area contributed by atoms with Crippen molar-refractivity contribution < 1.29 is 0 Å². The average Bonchev–Trinajstić information content (AvgIpc) is 2.89. The summed E-state index contributed by atoms with van der Waals surface area (Å²) in [6.45, 7) is 2.24. The zero-order valence-electron chi connectivity index (χ0n) is 10.1. The maximum absolute atomic E-state index is 9.05. The quantitative estimate of drug-likeness (QED) is 0.818. The van der Waals surface area contributed by atoms with E-state index in [1.54, 1.807) is 0 Å². The lowest BCUT2D eigenvalue weighted by atomic mass is 10.0. The van der Waals surface area contributed by atoms with E-state index in [2.05, 4.69) is 30.1 Å². The molecule has 90 valence electrons. The van der Waals surface area contributed by atoms with E-state index in [1.807, 2.05) is 0 Å². The summed E-state index contributed by atoms with van der Waals surface area (Å²) in [6, 6.07) is 3.63. The van der Waals surface area contributed by atoms with E-state index in [0.29, 0.717) is 12.1 Å². The third-order valence-electron chi connectivity index (χ3n) is 3.92. The minimum absolute atomic E-state index is 0.276. The highest BCUT2D eigenvalue weighted by Crippen LogP contribution is 2.32. The van der Waals surface area contributed by atoms with Gasteiger partial charge in [-0.1, -0.05) is 13.3 Å². The molecule has 2 fully saturated rings. The van der Waals surface area contributed by atoms with Crippen molar-refractivity contribution >= 4 is 11.8 Å². The molecule has 2 aliphatic rings. The second-order valence-electron chi connectivity index (χ2n) is 5.03. The summed E-state index contributed by atoms with van der Waals surface area (Å²) >= 11 is 2.10. The van der Waals surface area contributed by atoms with Gasteiger partial charge >= 0.3 is 0 Å². The van der Waals surface area contributed by atoms with Crippen LogP contribution < -0.4 is 5.32 Å². The van der Waals surface area contributed by atoms with Gasteiger partial charge in [0.05, 0.1) is 12.0 Å². The number of nitrogens with zero attached hydrogens (tertiary/aromatic N) is 1. The van der Waals surface area contributed by atoms with Crippen molar-refractivity contribution in [3.05, 3.63) is 0 Å². The topological polar surface area (TPSA) is 35.8 Å². The standard InChI is InChI=1S/C13H22N2S/c1-2-16-12-7-6-11(8-12)15-13-5-3-4-10(13)9-14/h10-13,15H,2-8H2,1H3. The first-order valence-corrected chi connectivity index (χ1v) is 7.65. The fraction of sp³-hybridized carbons (Fsp3) is 0.923. The van der Waals surface area contributed by atoms with E-state index in [9.17, 15) is 0 Å². The molecule has 2 nitrogen and oxygen atoms in total. The average molecular weight is 238 g/mol. The zero-order chi connectivity index (χ0) is 11.4. The molecule has 0 amide bonds. The third-order valence-corrected chi connectivity index (χ3v) is 5.15. The van der Waals surface area contributed by atoms with Gasteiger partial charge < -0.3 is 5.32 Å². The normalized spacial score (nSPS) is 38.8. The molecule has 2 saturated carbocycles. The summed E-state index contributed by atoms with van der Waals surface area (Å²) in [5, 5.41) is 13.6. The van der Waals surface area contributed by atoms with Crippen molar-refractivity contribution in [1.82, 2.24) is 5.32 Å². The van der Waals surface area contributed by atoms with Gasteiger partial charge in [0.1, 0.15) is 0 Å². The fourth-order valence-corrected chi connectivity index (χ4v) is 4.24. The van der Waals surface area contributed by atoms with Crippen LogP contribution in [-0.4, -0.2) is 23.1 Å². The fourth-order valence-electron chi connectivity index (χ4n) is 3.10. The first kappa shape index (κ1) is 12.3. The van der Waals surface area contributed by atoms with Crippen molar-refractivity contribution in [3.63, 3.8) is 0 Å². The lowest BCUT2D eigenvalue weighted by molar-refractivity contribution is 0.399. The second-order valence-corrected chi connectivity index (χ2v) is 6.60. The summed E-state index contributed by atoms with van der Waals surface area (Å²) < 4.78 is 0. The van der Waals surface area contributed by atoms with Gasteiger partial charge in [-0.05, 0) is 37.9 Å². The summed E-state index contributed by atoms with van der Waals surface area (Å²) in [6.07, 6.45) is 7.53. The summed E-state index contributed by atoms with van der Waals surface area (Å²) in [4.78, 5) is 0. The maximum Gasteiger partial charge on any atom is 0.0672 e. The van der Waals surface area contributed by atoms with Crippen LogP contribution in [0.1, 0.15) is 45.4 Å². The molecule has 0 heterocycles. The zero-order valence-corrected chi connectivity index (χ0v) is 10.9. The van der Waals surface area contributed by atoms with Crippen molar-refractivity contribution in [1.29, 1.82) is 5.26 Å². The van der Waals surface area contributed by atoms with E-state index in [0.717, 1.165) is 11.7 Å². The monoisotopic (exact) mass is 238 g/mol. The van der Waals surface area contributed by atoms with Gasteiger partial charge in [0, 0.05) is 17.3 Å². The Hall–Kier alpha value is -0.200. The molecule has 1 N–H and O–H groups in total. The SMILES string of the molecule is CCSC1CCC(NC2CCCC2C#N)C1. The Balaban J connectivity index is 1.76. The number of nitriles is 1. The molecule has 0 saturated heterocycles. The van der Waals surface area contributed by atoms with Gasteiger partial charge in [0.2, 0.25) is 0 Å². The van der Waals surface area contributed by atoms with E-state index in [4.69, 9.17) is 5.26 Å². The number of hydrogen-bond acceptors (Lipinski definition) is 3. The van der Waals surface area contributed by atoms with Crippen molar-refractivity contribution in [2.24, 2.45) is 5.92 Å². The predicted molar refractivity (Wildman–Crippen MR) is 69.4 cm³/mol. The van der Waals surface area contributed by atoms with Crippen LogP contribution in [0.15, 0.2) is 0 Å². The van der Waals surface area contributed by atoms with E-state index in [1.165, 1.54) is 37.9 Å². The number of rotatable bonds is 4. The molecule has 0 radical (unpaired) electrons. The molecule has 0 aromatic rings. The van der Waals surface area contributed by atoms with Crippen molar-refractivity contribution in [3.8, 4) is 6.07 Å². The van der Waals surface area contributed by atoms with E-state index >= 15 is 0 Å². The summed E-state index contributed by atoms with van der Waals surface area (Å²) in [5.41, 5.74) is 0. The lowest BCUT2D eigenvalue weighted by Gasteiger charge is -2.21. The largest absolute Gasteiger partial charge is 0.310 e. The van der Waals surface area contributed by atoms with Gasteiger partial charge in [-0.15, -0.1) is 0 Å².